The van der Waals surface area contributed by atoms with Crippen molar-refractivity contribution < 1.29 is 0 Å². The lowest BCUT2D eigenvalue weighted by Gasteiger charge is -2.11. The fraction of sp³-hybridized carbons (Fsp3) is 0.333. The molecule has 0 spiro atoms. The summed E-state index contributed by atoms with van der Waals surface area (Å²) in [5.74, 6) is 0.844. The molecule has 7 heteroatoms. The first kappa shape index (κ1) is 22.5. The van der Waals surface area contributed by atoms with Crippen LogP contribution in [0.25, 0.3) is 10.9 Å². The van der Waals surface area contributed by atoms with E-state index in [4.69, 9.17) is 16.6 Å². The Morgan fingerprint density at radius 3 is 2.79 bits per heavy atom. The smallest absolute Gasteiger partial charge is 0.191 e. The van der Waals surface area contributed by atoms with Crippen molar-refractivity contribution in [3.63, 3.8) is 0 Å². The van der Waals surface area contributed by atoms with Crippen molar-refractivity contribution in [2.45, 2.75) is 26.7 Å². The summed E-state index contributed by atoms with van der Waals surface area (Å²) in [7, 11) is 0. The van der Waals surface area contributed by atoms with Crippen molar-refractivity contribution in [3.05, 3.63) is 64.6 Å². The highest BCUT2D eigenvalue weighted by Gasteiger charge is 2.06. The number of hydrogen-bond acceptors (Lipinski definition) is 2. The molecule has 0 fully saturated rings. The highest BCUT2D eigenvalue weighted by molar-refractivity contribution is 14.0. The summed E-state index contributed by atoms with van der Waals surface area (Å²) < 4.78 is 0. The molecule has 3 rings (SSSR count). The number of nitrogens with zero attached hydrogens (tertiary/aromatic N) is 2. The SMILES string of the molecule is CCNC(=NCCc1c[nH]c2cccc(C)c12)NCCc1ccc(Cl)nc1.I. The maximum Gasteiger partial charge on any atom is 0.191 e. The Morgan fingerprint density at radius 1 is 1.18 bits per heavy atom. The van der Waals surface area contributed by atoms with Crippen LogP contribution in [0.15, 0.2) is 47.7 Å². The van der Waals surface area contributed by atoms with Gasteiger partial charge in [0.2, 0.25) is 0 Å². The summed E-state index contributed by atoms with van der Waals surface area (Å²) in [6.07, 6.45) is 5.69. The summed E-state index contributed by atoms with van der Waals surface area (Å²) in [6, 6.07) is 10.2. The van der Waals surface area contributed by atoms with E-state index in [0.717, 1.165) is 44.0 Å². The van der Waals surface area contributed by atoms with Crippen molar-refractivity contribution in [1.29, 1.82) is 0 Å². The van der Waals surface area contributed by atoms with Gasteiger partial charge in [-0.15, -0.1) is 24.0 Å². The highest BCUT2D eigenvalue weighted by Crippen LogP contribution is 2.22. The standard InChI is InChI=1S/C21H26ClN5.HI/c1-3-23-21(24-11-9-16-7-8-19(22)27-13-16)25-12-10-17-14-26-18-6-4-5-15(2)20(17)18;/h4-8,13-14,26H,3,9-12H2,1-2H3,(H2,23,24,25);1H. The van der Waals surface area contributed by atoms with Crippen LogP contribution >= 0.6 is 35.6 Å². The van der Waals surface area contributed by atoms with E-state index in [2.05, 4.69) is 58.8 Å². The summed E-state index contributed by atoms with van der Waals surface area (Å²) in [4.78, 5) is 12.2. The molecule has 0 unspecified atom stereocenters. The molecule has 1 aromatic carbocycles. The van der Waals surface area contributed by atoms with Crippen molar-refractivity contribution in [2.24, 2.45) is 4.99 Å². The van der Waals surface area contributed by atoms with E-state index in [9.17, 15) is 0 Å². The molecule has 0 aliphatic carbocycles. The van der Waals surface area contributed by atoms with Gasteiger partial charge in [-0.1, -0.05) is 29.8 Å². The highest BCUT2D eigenvalue weighted by atomic mass is 127. The van der Waals surface area contributed by atoms with Crippen LogP contribution in [0.5, 0.6) is 0 Å². The molecule has 0 aliphatic heterocycles. The van der Waals surface area contributed by atoms with Gasteiger partial charge in [0.15, 0.2) is 5.96 Å². The van der Waals surface area contributed by atoms with Crippen molar-refractivity contribution in [3.8, 4) is 0 Å². The average molecular weight is 512 g/mol. The molecule has 0 bridgehead atoms. The number of rotatable bonds is 7. The number of guanidine groups is 1. The minimum atomic E-state index is 0. The monoisotopic (exact) mass is 511 g/mol. The van der Waals surface area contributed by atoms with E-state index in [0.29, 0.717) is 5.15 Å². The van der Waals surface area contributed by atoms with Gasteiger partial charge in [0.05, 0.1) is 0 Å². The van der Waals surface area contributed by atoms with Gasteiger partial charge >= 0.3 is 0 Å². The van der Waals surface area contributed by atoms with E-state index >= 15 is 0 Å². The molecule has 2 aromatic heterocycles. The second-order valence-electron chi connectivity index (χ2n) is 6.49. The van der Waals surface area contributed by atoms with Crippen molar-refractivity contribution in [2.75, 3.05) is 19.6 Å². The van der Waals surface area contributed by atoms with Gasteiger partial charge in [0, 0.05) is 42.9 Å². The molecule has 0 saturated heterocycles. The number of fused-ring (bicyclic) bond motifs is 1. The summed E-state index contributed by atoms with van der Waals surface area (Å²) in [6.45, 7) is 6.59. The third-order valence-electron chi connectivity index (χ3n) is 4.49. The lowest BCUT2D eigenvalue weighted by Crippen LogP contribution is -2.38. The van der Waals surface area contributed by atoms with Crippen LogP contribution < -0.4 is 10.6 Å². The van der Waals surface area contributed by atoms with Crippen LogP contribution in [0.4, 0.5) is 0 Å². The first-order valence-electron chi connectivity index (χ1n) is 9.35. The van der Waals surface area contributed by atoms with E-state index in [-0.39, 0.29) is 24.0 Å². The van der Waals surface area contributed by atoms with Crippen LogP contribution in [0.3, 0.4) is 0 Å². The zero-order chi connectivity index (χ0) is 19.1. The lowest BCUT2D eigenvalue weighted by molar-refractivity contribution is 0.795. The summed E-state index contributed by atoms with van der Waals surface area (Å²) >= 11 is 5.82. The molecule has 0 radical (unpaired) electrons. The van der Waals surface area contributed by atoms with Gasteiger partial charge in [-0.05, 0) is 55.5 Å². The maximum absolute atomic E-state index is 5.82. The van der Waals surface area contributed by atoms with Gasteiger partial charge in [0.25, 0.3) is 0 Å². The van der Waals surface area contributed by atoms with Crippen molar-refractivity contribution >= 4 is 52.4 Å². The number of halogens is 2. The first-order chi connectivity index (χ1) is 13.2. The van der Waals surface area contributed by atoms with E-state index < -0.39 is 0 Å². The average Bonchev–Trinajstić information content (AvgIpc) is 3.08. The molecule has 3 aromatic rings. The largest absolute Gasteiger partial charge is 0.361 e. The Morgan fingerprint density at radius 2 is 2.04 bits per heavy atom. The molecular weight excluding hydrogens is 485 g/mol. The molecular formula is C21H27ClIN5. The predicted molar refractivity (Wildman–Crippen MR) is 129 cm³/mol. The molecule has 3 N–H and O–H groups in total. The van der Waals surface area contributed by atoms with Crippen LogP contribution in [0.1, 0.15) is 23.6 Å². The Labute approximate surface area is 188 Å². The van der Waals surface area contributed by atoms with Crippen LogP contribution in [-0.2, 0) is 12.8 Å². The molecule has 5 nitrogen and oxygen atoms in total. The third kappa shape index (κ3) is 6.10. The number of aryl methyl sites for hydroxylation is 1. The molecule has 0 atom stereocenters. The Balaban J connectivity index is 0.00000280. The van der Waals surface area contributed by atoms with Crippen LogP contribution in [-0.4, -0.2) is 35.6 Å². The Hall–Kier alpha value is -1.80. The molecule has 150 valence electrons. The zero-order valence-electron chi connectivity index (χ0n) is 16.3. The Bertz CT molecular complexity index is 905. The zero-order valence-corrected chi connectivity index (χ0v) is 19.3. The molecule has 2 heterocycles. The number of aliphatic imine (C=N–C) groups is 1. The summed E-state index contributed by atoms with van der Waals surface area (Å²) in [5, 5.41) is 8.53. The lowest BCUT2D eigenvalue weighted by atomic mass is 10.1. The Kier molecular flexibility index (Phi) is 9.05. The molecule has 0 amide bonds. The van der Waals surface area contributed by atoms with Crippen LogP contribution in [0.2, 0.25) is 5.15 Å². The van der Waals surface area contributed by atoms with Gasteiger partial charge in [-0.2, -0.15) is 0 Å². The van der Waals surface area contributed by atoms with Crippen LogP contribution in [0, 0.1) is 6.92 Å². The third-order valence-corrected chi connectivity index (χ3v) is 4.71. The molecule has 0 aliphatic rings. The number of aromatic amines is 1. The second kappa shape index (κ2) is 11.3. The topological polar surface area (TPSA) is 65.1 Å². The van der Waals surface area contributed by atoms with E-state index in [1.165, 1.54) is 22.0 Å². The van der Waals surface area contributed by atoms with Gasteiger partial charge in [0.1, 0.15) is 5.15 Å². The minimum absolute atomic E-state index is 0. The number of pyridine rings is 1. The number of aromatic nitrogens is 2. The number of H-pyrrole nitrogens is 1. The number of benzene rings is 1. The molecule has 0 saturated carbocycles. The maximum atomic E-state index is 5.82. The molecule has 28 heavy (non-hydrogen) atoms. The number of nitrogens with one attached hydrogen (secondary N) is 3. The van der Waals surface area contributed by atoms with E-state index in [1.807, 2.05) is 18.3 Å². The summed E-state index contributed by atoms with van der Waals surface area (Å²) in [5.41, 5.74) is 4.96. The van der Waals surface area contributed by atoms with Crippen molar-refractivity contribution in [1.82, 2.24) is 20.6 Å². The fourth-order valence-corrected chi connectivity index (χ4v) is 3.27. The van der Waals surface area contributed by atoms with Gasteiger partial charge in [-0.25, -0.2) is 4.98 Å². The van der Waals surface area contributed by atoms with Gasteiger partial charge < -0.3 is 15.6 Å². The number of hydrogen-bond donors (Lipinski definition) is 3. The first-order valence-corrected chi connectivity index (χ1v) is 9.73. The normalized spacial score (nSPS) is 11.3. The fourth-order valence-electron chi connectivity index (χ4n) is 3.16. The quantitative estimate of drug-likeness (QED) is 0.190. The minimum Gasteiger partial charge on any atom is -0.361 e. The predicted octanol–water partition coefficient (Wildman–Crippen LogP) is 4.48. The van der Waals surface area contributed by atoms with E-state index in [1.54, 1.807) is 0 Å². The second-order valence-corrected chi connectivity index (χ2v) is 6.88. The van der Waals surface area contributed by atoms with Gasteiger partial charge in [-0.3, -0.25) is 4.99 Å².